The number of ketones is 1. The van der Waals surface area contributed by atoms with Crippen molar-refractivity contribution in [1.29, 1.82) is 0 Å². The first kappa shape index (κ1) is 32.4. The molecule has 4 aliphatic rings. The maximum absolute atomic E-state index is 11.3. The van der Waals surface area contributed by atoms with E-state index in [-0.39, 0.29) is 51.4 Å². The molecule has 2 aliphatic heterocycles. The Bertz CT molecular complexity index is 972. The molecule has 0 amide bonds. The van der Waals surface area contributed by atoms with Crippen molar-refractivity contribution in [2.45, 2.75) is 52.1 Å². The van der Waals surface area contributed by atoms with E-state index in [2.05, 4.69) is 70.3 Å². The summed E-state index contributed by atoms with van der Waals surface area (Å²) in [5.41, 5.74) is 0.693. The predicted octanol–water partition coefficient (Wildman–Crippen LogP) is 2.66. The number of hydrogen-bond donors (Lipinski definition) is 0. The normalized spacial score (nSPS) is 25.6. The molecule has 2 saturated carbocycles. The van der Waals surface area contributed by atoms with E-state index < -0.39 is 5.60 Å². The van der Waals surface area contributed by atoms with Crippen LogP contribution < -0.4 is 66.3 Å². The quantitative estimate of drug-likeness (QED) is 0.361. The SMILES string of the molecule is C=C1CC2CN(c3ccc(Br)cn3)CC2C1.CC(C)(C)[O-].O=C1CC2CN(c3ccc(Br)cn3)CC2C1.[K+]. The molecule has 2 saturated heterocycles. The summed E-state index contributed by atoms with van der Waals surface area (Å²) in [6.07, 6.45) is 7.70. The number of carbonyl (C=O) groups is 1. The molecule has 4 atom stereocenters. The Labute approximate surface area is 286 Å². The number of rotatable bonds is 2. The van der Waals surface area contributed by atoms with Crippen molar-refractivity contribution in [1.82, 2.24) is 9.97 Å². The largest absolute Gasteiger partial charge is 1.00 e. The molecular formula is C29H37Br2KN4O2. The Morgan fingerprint density at radius 3 is 1.45 bits per heavy atom. The van der Waals surface area contributed by atoms with E-state index in [0.29, 0.717) is 17.6 Å². The van der Waals surface area contributed by atoms with Gasteiger partial charge in [0.1, 0.15) is 17.4 Å². The molecule has 4 heterocycles. The predicted molar refractivity (Wildman–Crippen MR) is 155 cm³/mol. The number of allylic oxidation sites excluding steroid dienone is 1. The molecule has 2 aromatic heterocycles. The zero-order valence-corrected chi connectivity index (χ0v) is 29.3. The van der Waals surface area contributed by atoms with E-state index in [1.807, 2.05) is 24.5 Å². The van der Waals surface area contributed by atoms with Gasteiger partial charge in [-0.1, -0.05) is 32.9 Å². The molecule has 9 heteroatoms. The zero-order valence-electron chi connectivity index (χ0n) is 23.0. The van der Waals surface area contributed by atoms with Gasteiger partial charge in [-0.25, -0.2) is 9.97 Å². The molecule has 4 fully saturated rings. The summed E-state index contributed by atoms with van der Waals surface area (Å²) < 4.78 is 2.05. The van der Waals surface area contributed by atoms with Gasteiger partial charge in [-0.3, -0.25) is 4.79 Å². The summed E-state index contributed by atoms with van der Waals surface area (Å²) >= 11 is 6.80. The second kappa shape index (κ2) is 14.2. The Balaban J connectivity index is 0.000000176. The number of fused-ring (bicyclic) bond motifs is 2. The molecule has 6 nitrogen and oxygen atoms in total. The molecule has 0 spiro atoms. The minimum atomic E-state index is -0.750. The average Bonchev–Trinajstić information content (AvgIpc) is 3.53. The standard InChI is InChI=1S/C13H15BrN2.C12H13BrN2O.C4H9O.K/c1-9-4-10-7-16(8-11(10)5-9)13-3-2-12(14)6-15-13;13-10-1-2-12(14-5-10)15-6-8-3-11(16)4-9(8)7-15;1-4(2,3)5;/h2-3,6,10-11H,1,4-5,7-8H2;1-2,5,8-9H,3-4,6-7H2;1-3H3;/q;;-1;+1. The molecule has 0 bridgehead atoms. The Kier molecular flexibility index (Phi) is 12.1. The fraction of sp³-hybridized carbons (Fsp3) is 0.552. The minimum Gasteiger partial charge on any atom is -0.850 e. The first-order valence-corrected chi connectivity index (χ1v) is 14.6. The van der Waals surface area contributed by atoms with E-state index in [4.69, 9.17) is 0 Å². The topological polar surface area (TPSA) is 72.4 Å². The monoisotopic (exact) mass is 670 g/mol. The van der Waals surface area contributed by atoms with Crippen molar-refractivity contribution in [3.63, 3.8) is 0 Å². The molecule has 0 aromatic carbocycles. The Morgan fingerprint density at radius 1 is 0.789 bits per heavy atom. The van der Waals surface area contributed by atoms with Crippen LogP contribution in [0.15, 0.2) is 57.8 Å². The van der Waals surface area contributed by atoms with Gasteiger partial charge in [0, 0.05) is 60.4 Å². The molecular weight excluding hydrogens is 635 g/mol. The third-order valence-corrected chi connectivity index (χ3v) is 8.24. The molecule has 2 aliphatic carbocycles. The van der Waals surface area contributed by atoms with Crippen LogP contribution in [-0.4, -0.2) is 47.5 Å². The first-order valence-electron chi connectivity index (χ1n) is 13.1. The van der Waals surface area contributed by atoms with Crippen LogP contribution in [0, 0.1) is 23.7 Å². The van der Waals surface area contributed by atoms with Crippen LogP contribution in [0.4, 0.5) is 11.6 Å². The van der Waals surface area contributed by atoms with Gasteiger partial charge in [0.05, 0.1) is 0 Å². The van der Waals surface area contributed by atoms with Gasteiger partial charge in [0.25, 0.3) is 0 Å². The molecule has 0 radical (unpaired) electrons. The van der Waals surface area contributed by atoms with Gasteiger partial charge in [-0.05, 0) is 92.6 Å². The fourth-order valence-electron chi connectivity index (χ4n) is 5.78. The van der Waals surface area contributed by atoms with E-state index in [9.17, 15) is 9.90 Å². The fourth-order valence-corrected chi connectivity index (χ4v) is 6.25. The van der Waals surface area contributed by atoms with Gasteiger partial charge in [-0.2, -0.15) is 0 Å². The van der Waals surface area contributed by atoms with Crippen molar-refractivity contribution in [2.75, 3.05) is 36.0 Å². The van der Waals surface area contributed by atoms with Crippen molar-refractivity contribution in [2.24, 2.45) is 23.7 Å². The summed E-state index contributed by atoms with van der Waals surface area (Å²) in [6.45, 7) is 13.3. The van der Waals surface area contributed by atoms with Gasteiger partial charge < -0.3 is 14.9 Å². The summed E-state index contributed by atoms with van der Waals surface area (Å²) in [5.74, 6) is 5.36. The van der Waals surface area contributed by atoms with E-state index in [0.717, 1.165) is 71.4 Å². The number of halogens is 2. The number of aromatic nitrogens is 2. The third-order valence-electron chi connectivity index (χ3n) is 7.31. The summed E-state index contributed by atoms with van der Waals surface area (Å²) in [4.78, 5) is 24.9. The van der Waals surface area contributed by atoms with Gasteiger partial charge in [0.15, 0.2) is 0 Å². The molecule has 4 unspecified atom stereocenters. The number of nitrogens with zero attached hydrogens (tertiary/aromatic N) is 4. The van der Waals surface area contributed by atoms with Crippen LogP contribution in [0.3, 0.4) is 0 Å². The van der Waals surface area contributed by atoms with E-state index in [1.165, 1.54) is 18.4 Å². The van der Waals surface area contributed by atoms with Crippen molar-refractivity contribution in [3.05, 3.63) is 57.8 Å². The van der Waals surface area contributed by atoms with Crippen LogP contribution >= 0.6 is 31.9 Å². The third kappa shape index (κ3) is 9.47. The smallest absolute Gasteiger partial charge is 0.850 e. The summed E-state index contributed by atoms with van der Waals surface area (Å²) in [7, 11) is 0. The number of pyridine rings is 2. The number of Topliss-reactive ketones (excluding diaryl/α,β-unsaturated/α-hetero) is 1. The van der Waals surface area contributed by atoms with Crippen LogP contribution in [0.2, 0.25) is 0 Å². The minimum absolute atomic E-state index is 0. The van der Waals surface area contributed by atoms with Crippen LogP contribution in [0.1, 0.15) is 46.5 Å². The maximum Gasteiger partial charge on any atom is 1.00 e. The van der Waals surface area contributed by atoms with Gasteiger partial charge >= 0.3 is 51.4 Å². The first-order chi connectivity index (χ1) is 17.4. The van der Waals surface area contributed by atoms with Gasteiger partial charge in [0.2, 0.25) is 0 Å². The van der Waals surface area contributed by atoms with Gasteiger partial charge in [-0.15, -0.1) is 5.60 Å². The van der Waals surface area contributed by atoms with Crippen molar-refractivity contribution in [3.8, 4) is 0 Å². The Hall–Kier alpha value is -0.134. The second-order valence-corrected chi connectivity index (χ2v) is 13.6. The summed E-state index contributed by atoms with van der Waals surface area (Å²) in [6, 6.07) is 8.21. The van der Waals surface area contributed by atoms with Crippen LogP contribution in [-0.2, 0) is 4.79 Å². The van der Waals surface area contributed by atoms with Crippen LogP contribution in [0.5, 0.6) is 0 Å². The summed E-state index contributed by atoms with van der Waals surface area (Å²) in [5, 5.41) is 10.1. The molecule has 38 heavy (non-hydrogen) atoms. The number of anilines is 2. The maximum atomic E-state index is 11.3. The molecule has 6 rings (SSSR count). The van der Waals surface area contributed by atoms with Crippen molar-refractivity contribution >= 4 is 49.3 Å². The Morgan fingerprint density at radius 2 is 1.13 bits per heavy atom. The second-order valence-electron chi connectivity index (χ2n) is 11.7. The molecule has 2 aromatic rings. The van der Waals surface area contributed by atoms with E-state index >= 15 is 0 Å². The van der Waals surface area contributed by atoms with Crippen LogP contribution in [0.25, 0.3) is 0 Å². The van der Waals surface area contributed by atoms with E-state index in [1.54, 1.807) is 20.8 Å². The molecule has 200 valence electrons. The zero-order chi connectivity index (χ0) is 26.7. The number of hydrogen-bond acceptors (Lipinski definition) is 6. The average molecular weight is 673 g/mol. The van der Waals surface area contributed by atoms with Crippen molar-refractivity contribution < 1.29 is 61.3 Å². The molecule has 0 N–H and O–H groups in total. The number of carbonyl (C=O) groups excluding carboxylic acids is 1.